The molecule has 1 saturated heterocycles. The van der Waals surface area contributed by atoms with Crippen LogP contribution in [0.1, 0.15) is 38.7 Å². The second-order valence-corrected chi connectivity index (χ2v) is 7.52. The minimum absolute atomic E-state index is 0.0794. The van der Waals surface area contributed by atoms with Crippen LogP contribution in [0.15, 0.2) is 30.6 Å². The SMILES string of the molecule is COc1ncc(Nc2cc(C(C)CC(=O)O)ccc2N2C[C@@H](C)O[C@@H](C)C2)cn1. The van der Waals surface area contributed by atoms with Gasteiger partial charge in [0, 0.05) is 13.1 Å². The summed E-state index contributed by atoms with van der Waals surface area (Å²) in [5.41, 5.74) is 3.61. The lowest BCUT2D eigenvalue weighted by Crippen LogP contribution is -2.45. The third kappa shape index (κ3) is 5.35. The number of benzene rings is 1. The van der Waals surface area contributed by atoms with Crippen molar-refractivity contribution in [3.63, 3.8) is 0 Å². The first-order chi connectivity index (χ1) is 13.9. The third-order valence-electron chi connectivity index (χ3n) is 4.92. The fourth-order valence-corrected chi connectivity index (χ4v) is 3.63. The zero-order chi connectivity index (χ0) is 21.0. The molecular weight excluding hydrogens is 372 g/mol. The number of aromatic nitrogens is 2. The van der Waals surface area contributed by atoms with Gasteiger partial charge in [0.2, 0.25) is 0 Å². The first kappa shape index (κ1) is 20.9. The maximum atomic E-state index is 11.1. The van der Waals surface area contributed by atoms with Crippen molar-refractivity contribution >= 4 is 23.0 Å². The zero-order valence-electron chi connectivity index (χ0n) is 17.3. The molecule has 0 radical (unpaired) electrons. The molecule has 1 unspecified atom stereocenters. The Balaban J connectivity index is 1.94. The summed E-state index contributed by atoms with van der Waals surface area (Å²) in [6.45, 7) is 7.61. The Morgan fingerprint density at radius 1 is 1.31 bits per heavy atom. The molecule has 0 amide bonds. The van der Waals surface area contributed by atoms with E-state index >= 15 is 0 Å². The van der Waals surface area contributed by atoms with Crippen LogP contribution in [-0.4, -0.2) is 53.5 Å². The molecule has 8 nitrogen and oxygen atoms in total. The molecule has 3 rings (SSSR count). The fourth-order valence-electron chi connectivity index (χ4n) is 3.63. The van der Waals surface area contributed by atoms with Gasteiger partial charge in [-0.25, -0.2) is 9.97 Å². The Kier molecular flexibility index (Phi) is 6.53. The summed E-state index contributed by atoms with van der Waals surface area (Å²) in [5.74, 6) is -0.910. The number of carboxylic acid groups (broad SMARTS) is 1. The van der Waals surface area contributed by atoms with Crippen LogP contribution in [0, 0.1) is 0 Å². The molecule has 0 aliphatic carbocycles. The van der Waals surface area contributed by atoms with Crippen LogP contribution in [0.25, 0.3) is 0 Å². The van der Waals surface area contributed by atoms with E-state index in [1.807, 2.05) is 25.1 Å². The van der Waals surface area contributed by atoms with Crippen LogP contribution in [0.4, 0.5) is 17.1 Å². The van der Waals surface area contributed by atoms with Gasteiger partial charge in [-0.2, -0.15) is 0 Å². The highest BCUT2D eigenvalue weighted by Gasteiger charge is 2.25. The van der Waals surface area contributed by atoms with Gasteiger partial charge in [-0.05, 0) is 37.5 Å². The zero-order valence-corrected chi connectivity index (χ0v) is 17.3. The van der Waals surface area contributed by atoms with Crippen LogP contribution in [-0.2, 0) is 9.53 Å². The van der Waals surface area contributed by atoms with Crippen molar-refractivity contribution in [2.24, 2.45) is 0 Å². The number of carboxylic acids is 1. The number of aliphatic carboxylic acids is 1. The molecule has 1 aliphatic rings. The van der Waals surface area contributed by atoms with Crippen LogP contribution in [0.2, 0.25) is 0 Å². The van der Waals surface area contributed by atoms with Crippen molar-refractivity contribution in [2.75, 3.05) is 30.4 Å². The Bertz CT molecular complexity index is 833. The van der Waals surface area contributed by atoms with Gasteiger partial charge in [0.05, 0.1) is 55.2 Å². The number of rotatable bonds is 7. The maximum Gasteiger partial charge on any atom is 0.316 e. The lowest BCUT2D eigenvalue weighted by atomic mass is 9.96. The first-order valence-corrected chi connectivity index (χ1v) is 9.75. The molecule has 1 aromatic carbocycles. The predicted molar refractivity (Wildman–Crippen MR) is 111 cm³/mol. The second kappa shape index (κ2) is 9.09. The molecule has 1 aromatic heterocycles. The maximum absolute atomic E-state index is 11.1. The summed E-state index contributed by atoms with van der Waals surface area (Å²) in [6.07, 6.45) is 3.65. The average Bonchev–Trinajstić information content (AvgIpc) is 2.67. The number of hydrogen-bond acceptors (Lipinski definition) is 7. The summed E-state index contributed by atoms with van der Waals surface area (Å²) < 4.78 is 10.9. The highest BCUT2D eigenvalue weighted by Crippen LogP contribution is 2.34. The molecule has 0 bridgehead atoms. The van der Waals surface area contributed by atoms with Gasteiger partial charge in [-0.3, -0.25) is 4.79 Å². The number of anilines is 3. The number of morpholine rings is 1. The van der Waals surface area contributed by atoms with Gasteiger partial charge in [0.25, 0.3) is 0 Å². The molecule has 2 aromatic rings. The Hall–Kier alpha value is -2.87. The minimum Gasteiger partial charge on any atom is -0.481 e. The van der Waals surface area contributed by atoms with E-state index in [4.69, 9.17) is 14.6 Å². The van der Waals surface area contributed by atoms with Crippen molar-refractivity contribution in [1.29, 1.82) is 0 Å². The molecule has 8 heteroatoms. The number of nitrogens with one attached hydrogen (secondary N) is 1. The normalized spacial score (nSPS) is 20.2. The molecular formula is C21H28N4O4. The van der Waals surface area contributed by atoms with Crippen LogP contribution in [0.3, 0.4) is 0 Å². The van der Waals surface area contributed by atoms with Crippen LogP contribution < -0.4 is 15.0 Å². The van der Waals surface area contributed by atoms with Crippen molar-refractivity contribution in [1.82, 2.24) is 9.97 Å². The van der Waals surface area contributed by atoms with E-state index in [1.54, 1.807) is 12.4 Å². The lowest BCUT2D eigenvalue weighted by Gasteiger charge is -2.38. The smallest absolute Gasteiger partial charge is 0.316 e. The Morgan fingerprint density at radius 3 is 2.55 bits per heavy atom. The fraction of sp³-hybridized carbons (Fsp3) is 0.476. The number of carbonyl (C=O) groups is 1. The standard InChI is InChI=1S/C21H28N4O4/c1-13(7-20(26)27)16-5-6-19(25-11-14(2)29-15(3)12-25)18(8-16)24-17-9-22-21(28-4)23-10-17/h5-6,8-10,13-15,24H,7,11-12H2,1-4H3,(H,26,27)/t13?,14-,15+. The number of hydrogen-bond donors (Lipinski definition) is 2. The Morgan fingerprint density at radius 2 is 1.97 bits per heavy atom. The van der Waals surface area contributed by atoms with E-state index in [2.05, 4.69) is 34.0 Å². The summed E-state index contributed by atoms with van der Waals surface area (Å²) in [7, 11) is 1.52. The second-order valence-electron chi connectivity index (χ2n) is 7.52. The Labute approximate surface area is 170 Å². The van der Waals surface area contributed by atoms with E-state index in [0.29, 0.717) is 6.01 Å². The molecule has 2 N–H and O–H groups in total. The number of ether oxygens (including phenoxy) is 2. The van der Waals surface area contributed by atoms with E-state index in [9.17, 15) is 4.79 Å². The van der Waals surface area contributed by atoms with Crippen molar-refractivity contribution < 1.29 is 19.4 Å². The number of nitrogens with zero attached hydrogens (tertiary/aromatic N) is 3. The molecule has 0 spiro atoms. The van der Waals surface area contributed by atoms with Gasteiger partial charge in [-0.15, -0.1) is 0 Å². The van der Waals surface area contributed by atoms with Gasteiger partial charge in [0.15, 0.2) is 0 Å². The summed E-state index contributed by atoms with van der Waals surface area (Å²) in [5, 5.41) is 12.5. The van der Waals surface area contributed by atoms with Gasteiger partial charge in [-0.1, -0.05) is 13.0 Å². The van der Waals surface area contributed by atoms with E-state index in [1.165, 1.54) is 7.11 Å². The summed E-state index contributed by atoms with van der Waals surface area (Å²) >= 11 is 0. The molecule has 1 aliphatic heterocycles. The third-order valence-corrected chi connectivity index (χ3v) is 4.92. The van der Waals surface area contributed by atoms with Crippen LogP contribution in [0.5, 0.6) is 6.01 Å². The van der Waals surface area contributed by atoms with Gasteiger partial charge >= 0.3 is 12.0 Å². The molecule has 2 heterocycles. The molecule has 156 valence electrons. The van der Waals surface area contributed by atoms with Crippen molar-refractivity contribution in [2.45, 2.75) is 45.3 Å². The molecule has 0 saturated carbocycles. The molecule has 3 atom stereocenters. The van der Waals surface area contributed by atoms with E-state index in [-0.39, 0.29) is 24.5 Å². The molecule has 29 heavy (non-hydrogen) atoms. The summed E-state index contributed by atoms with van der Waals surface area (Å²) in [6, 6.07) is 6.36. The predicted octanol–water partition coefficient (Wildman–Crippen LogP) is 3.42. The monoisotopic (exact) mass is 400 g/mol. The summed E-state index contributed by atoms with van der Waals surface area (Å²) in [4.78, 5) is 21.7. The quantitative estimate of drug-likeness (QED) is 0.730. The van der Waals surface area contributed by atoms with Gasteiger partial charge in [0.1, 0.15) is 0 Å². The van der Waals surface area contributed by atoms with E-state index in [0.717, 1.165) is 35.7 Å². The van der Waals surface area contributed by atoms with E-state index < -0.39 is 5.97 Å². The van der Waals surface area contributed by atoms with Crippen molar-refractivity contribution in [3.05, 3.63) is 36.2 Å². The lowest BCUT2D eigenvalue weighted by molar-refractivity contribution is -0.137. The first-order valence-electron chi connectivity index (χ1n) is 9.75. The number of methoxy groups -OCH3 is 1. The minimum atomic E-state index is -0.810. The largest absolute Gasteiger partial charge is 0.481 e. The highest BCUT2D eigenvalue weighted by atomic mass is 16.5. The van der Waals surface area contributed by atoms with Crippen molar-refractivity contribution in [3.8, 4) is 6.01 Å². The molecule has 1 fully saturated rings. The van der Waals surface area contributed by atoms with Gasteiger partial charge < -0.3 is 24.8 Å². The van der Waals surface area contributed by atoms with Crippen LogP contribution >= 0.6 is 0 Å². The highest BCUT2D eigenvalue weighted by molar-refractivity contribution is 5.76. The average molecular weight is 400 g/mol. The topological polar surface area (TPSA) is 96.8 Å².